The Morgan fingerprint density at radius 1 is 1.20 bits per heavy atom. The molecule has 2 aromatic carbocycles. The van der Waals surface area contributed by atoms with Crippen LogP contribution < -0.4 is 10.5 Å². The molecule has 0 unspecified atom stereocenters. The molecule has 0 aliphatic rings. The zero-order valence-electron chi connectivity index (χ0n) is 10.9. The molecule has 2 nitrogen and oxygen atoms in total. The summed E-state index contributed by atoms with van der Waals surface area (Å²) < 4.78 is 32.6. The summed E-state index contributed by atoms with van der Waals surface area (Å²) >= 11 is 5.88. The van der Waals surface area contributed by atoms with Crippen LogP contribution in [0.4, 0.5) is 8.78 Å². The summed E-state index contributed by atoms with van der Waals surface area (Å²) in [6, 6.07) is 8.36. The summed E-state index contributed by atoms with van der Waals surface area (Å²) in [5.74, 6) is -0.603. The Morgan fingerprint density at radius 3 is 2.55 bits per heavy atom. The normalized spacial score (nSPS) is 12.2. The Morgan fingerprint density at radius 2 is 1.95 bits per heavy atom. The van der Waals surface area contributed by atoms with Crippen LogP contribution in [0.25, 0.3) is 0 Å². The van der Waals surface area contributed by atoms with Crippen molar-refractivity contribution in [3.63, 3.8) is 0 Å². The van der Waals surface area contributed by atoms with Gasteiger partial charge < -0.3 is 10.5 Å². The second kappa shape index (κ2) is 6.20. The zero-order chi connectivity index (χ0) is 14.7. The average molecular weight is 298 g/mol. The van der Waals surface area contributed by atoms with Gasteiger partial charge in [0.25, 0.3) is 0 Å². The van der Waals surface area contributed by atoms with E-state index in [0.29, 0.717) is 11.3 Å². The summed E-state index contributed by atoms with van der Waals surface area (Å²) in [6.45, 7) is 1.63. The lowest BCUT2D eigenvalue weighted by Gasteiger charge is -2.11. The number of rotatable bonds is 4. The minimum absolute atomic E-state index is 0.0670. The van der Waals surface area contributed by atoms with Gasteiger partial charge in [0, 0.05) is 23.2 Å². The first kappa shape index (κ1) is 14.8. The number of ether oxygens (including phenoxy) is 1. The van der Waals surface area contributed by atoms with E-state index in [1.807, 2.05) is 0 Å². The van der Waals surface area contributed by atoms with Crippen molar-refractivity contribution in [2.45, 2.75) is 19.6 Å². The van der Waals surface area contributed by atoms with E-state index in [1.165, 1.54) is 18.2 Å². The van der Waals surface area contributed by atoms with Crippen molar-refractivity contribution in [1.82, 2.24) is 0 Å². The number of hydrogen-bond donors (Lipinski definition) is 1. The number of benzene rings is 2. The van der Waals surface area contributed by atoms with Crippen molar-refractivity contribution in [3.8, 4) is 5.75 Å². The molecule has 106 valence electrons. The molecule has 0 radical (unpaired) electrons. The summed E-state index contributed by atoms with van der Waals surface area (Å²) in [5.41, 5.74) is 6.27. The molecular formula is C15H14ClF2NO. The monoisotopic (exact) mass is 297 g/mol. The van der Waals surface area contributed by atoms with E-state index in [9.17, 15) is 8.78 Å². The average Bonchev–Trinajstić information content (AvgIpc) is 2.37. The minimum atomic E-state index is -0.454. The maximum absolute atomic E-state index is 13.7. The molecule has 0 amide bonds. The fourth-order valence-electron chi connectivity index (χ4n) is 1.79. The standard InChI is InChI=1S/C15H14ClF2NO/c1-9(19)11-6-5-10(7-15(11)18)20-8-12-13(16)3-2-4-14(12)17/h2-7,9H,8,19H2,1H3/t9-/m1/s1. The van der Waals surface area contributed by atoms with Gasteiger partial charge in [0.2, 0.25) is 0 Å². The SMILES string of the molecule is C[C@@H](N)c1ccc(OCc2c(F)cccc2Cl)cc1F. The highest BCUT2D eigenvalue weighted by Crippen LogP contribution is 2.24. The van der Waals surface area contributed by atoms with Crippen molar-refractivity contribution < 1.29 is 13.5 Å². The van der Waals surface area contributed by atoms with Crippen LogP contribution in [-0.4, -0.2) is 0 Å². The lowest BCUT2D eigenvalue weighted by Crippen LogP contribution is -2.07. The molecular weight excluding hydrogens is 284 g/mol. The predicted octanol–water partition coefficient (Wildman–Crippen LogP) is 4.22. The van der Waals surface area contributed by atoms with Crippen LogP contribution in [0.5, 0.6) is 5.75 Å². The van der Waals surface area contributed by atoms with Gasteiger partial charge in [0.1, 0.15) is 24.0 Å². The second-order valence-electron chi connectivity index (χ2n) is 4.46. The molecule has 0 spiro atoms. The first-order valence-electron chi connectivity index (χ1n) is 6.09. The number of halogens is 3. The zero-order valence-corrected chi connectivity index (χ0v) is 11.6. The summed E-state index contributed by atoms with van der Waals surface area (Å²) in [6.07, 6.45) is 0. The van der Waals surface area contributed by atoms with Gasteiger partial charge in [-0.25, -0.2) is 8.78 Å². The highest BCUT2D eigenvalue weighted by Gasteiger charge is 2.10. The van der Waals surface area contributed by atoms with Crippen molar-refractivity contribution >= 4 is 11.6 Å². The molecule has 0 fully saturated rings. The summed E-state index contributed by atoms with van der Waals surface area (Å²) in [7, 11) is 0. The van der Waals surface area contributed by atoms with Crippen LogP contribution in [0.3, 0.4) is 0 Å². The van der Waals surface area contributed by atoms with Crippen LogP contribution >= 0.6 is 11.6 Å². The number of hydrogen-bond acceptors (Lipinski definition) is 2. The molecule has 5 heteroatoms. The Hall–Kier alpha value is -1.65. The van der Waals surface area contributed by atoms with E-state index in [4.69, 9.17) is 22.1 Å². The molecule has 0 aromatic heterocycles. The fraction of sp³-hybridized carbons (Fsp3) is 0.200. The fourth-order valence-corrected chi connectivity index (χ4v) is 2.01. The second-order valence-corrected chi connectivity index (χ2v) is 4.87. The lowest BCUT2D eigenvalue weighted by molar-refractivity contribution is 0.298. The summed E-state index contributed by atoms with van der Waals surface area (Å²) in [4.78, 5) is 0. The minimum Gasteiger partial charge on any atom is -0.489 e. The third kappa shape index (κ3) is 3.26. The Labute approximate surface area is 121 Å². The van der Waals surface area contributed by atoms with E-state index in [1.54, 1.807) is 25.1 Å². The van der Waals surface area contributed by atoms with Gasteiger partial charge in [-0.1, -0.05) is 23.7 Å². The van der Waals surface area contributed by atoms with Gasteiger partial charge in [0.15, 0.2) is 0 Å². The van der Waals surface area contributed by atoms with Gasteiger partial charge in [-0.15, -0.1) is 0 Å². The Balaban J connectivity index is 2.14. The largest absolute Gasteiger partial charge is 0.489 e. The molecule has 2 aromatic rings. The van der Waals surface area contributed by atoms with Crippen molar-refractivity contribution in [2.24, 2.45) is 5.73 Å². The van der Waals surface area contributed by atoms with E-state index in [0.717, 1.165) is 0 Å². The topological polar surface area (TPSA) is 35.2 Å². The molecule has 2 N–H and O–H groups in total. The molecule has 0 heterocycles. The highest BCUT2D eigenvalue weighted by atomic mass is 35.5. The maximum atomic E-state index is 13.7. The van der Waals surface area contributed by atoms with Gasteiger partial charge >= 0.3 is 0 Å². The quantitative estimate of drug-likeness (QED) is 0.917. The molecule has 0 aliphatic heterocycles. The highest BCUT2D eigenvalue weighted by molar-refractivity contribution is 6.31. The maximum Gasteiger partial charge on any atom is 0.131 e. The van der Waals surface area contributed by atoms with Crippen LogP contribution in [0.2, 0.25) is 5.02 Å². The molecule has 20 heavy (non-hydrogen) atoms. The van der Waals surface area contributed by atoms with Gasteiger partial charge in [-0.3, -0.25) is 0 Å². The summed E-state index contributed by atoms with van der Waals surface area (Å²) in [5, 5.41) is 0.276. The molecule has 0 bridgehead atoms. The smallest absolute Gasteiger partial charge is 0.131 e. The van der Waals surface area contributed by atoms with E-state index < -0.39 is 17.7 Å². The van der Waals surface area contributed by atoms with Crippen LogP contribution in [0.1, 0.15) is 24.1 Å². The van der Waals surface area contributed by atoms with E-state index >= 15 is 0 Å². The van der Waals surface area contributed by atoms with Crippen molar-refractivity contribution in [1.29, 1.82) is 0 Å². The Bertz CT molecular complexity index is 597. The van der Waals surface area contributed by atoms with Gasteiger partial charge in [0.05, 0.1) is 5.02 Å². The van der Waals surface area contributed by atoms with E-state index in [2.05, 4.69) is 0 Å². The predicted molar refractivity (Wildman–Crippen MR) is 74.7 cm³/mol. The molecule has 0 saturated carbocycles. The third-order valence-corrected chi connectivity index (χ3v) is 3.26. The van der Waals surface area contributed by atoms with Gasteiger partial charge in [-0.05, 0) is 25.1 Å². The first-order valence-corrected chi connectivity index (χ1v) is 6.47. The molecule has 0 aliphatic carbocycles. The van der Waals surface area contributed by atoms with Crippen molar-refractivity contribution in [2.75, 3.05) is 0 Å². The molecule has 2 rings (SSSR count). The Kier molecular flexibility index (Phi) is 4.57. The van der Waals surface area contributed by atoms with Crippen LogP contribution in [-0.2, 0) is 6.61 Å². The van der Waals surface area contributed by atoms with E-state index in [-0.39, 0.29) is 17.2 Å². The third-order valence-electron chi connectivity index (χ3n) is 2.91. The van der Waals surface area contributed by atoms with Gasteiger partial charge in [-0.2, -0.15) is 0 Å². The van der Waals surface area contributed by atoms with Crippen LogP contribution in [0.15, 0.2) is 36.4 Å². The number of nitrogens with two attached hydrogens (primary N) is 1. The lowest BCUT2D eigenvalue weighted by atomic mass is 10.1. The molecule has 1 atom stereocenters. The molecule has 0 saturated heterocycles. The van der Waals surface area contributed by atoms with Crippen LogP contribution in [0, 0.1) is 11.6 Å². The first-order chi connectivity index (χ1) is 9.49. The van der Waals surface area contributed by atoms with Crippen molar-refractivity contribution in [3.05, 3.63) is 64.2 Å².